The van der Waals surface area contributed by atoms with Crippen LogP contribution in [0, 0.1) is 5.41 Å². The lowest BCUT2D eigenvalue weighted by molar-refractivity contribution is -0.154. The number of anilines is 4. The summed E-state index contributed by atoms with van der Waals surface area (Å²) in [5.41, 5.74) is 1.06. The molecule has 3 aromatic carbocycles. The molecule has 50 heavy (non-hydrogen) atoms. The molecule has 1 fully saturated rings. The molecule has 262 valence electrons. The number of hydrogen-bond donors (Lipinski definition) is 5. The van der Waals surface area contributed by atoms with E-state index in [4.69, 9.17) is 16.3 Å². The Morgan fingerprint density at radius 2 is 1.44 bits per heavy atom. The van der Waals surface area contributed by atoms with Crippen LogP contribution in [0.5, 0.6) is 6.01 Å². The van der Waals surface area contributed by atoms with Crippen molar-refractivity contribution in [1.82, 2.24) is 25.6 Å². The van der Waals surface area contributed by atoms with Gasteiger partial charge in [-0.1, -0.05) is 55.8 Å². The minimum absolute atomic E-state index is 0.0127. The third-order valence-electron chi connectivity index (χ3n) is 7.57. The topological polar surface area (TPSA) is 159 Å². The minimum Gasteiger partial charge on any atom is -0.454 e. The number of hydrogen-bond acceptors (Lipinski definition) is 9. The van der Waals surface area contributed by atoms with Gasteiger partial charge in [-0.05, 0) is 72.4 Å². The SMILES string of the molecule is CC(C)(CNC(=O)C(=O)Nc1ccccc1)CNC(=O)c1ccc(Nc2nc(NC3(c4ccc(Cl)cc4)CC3)nc(OCC(F)(F)F)n2)cc1. The number of carbonyl (C=O) groups excluding carboxylic acids is 3. The average Bonchev–Trinajstić information content (AvgIpc) is 3.86. The minimum atomic E-state index is -4.60. The van der Waals surface area contributed by atoms with E-state index in [0.717, 1.165) is 18.4 Å². The number of benzene rings is 3. The molecule has 0 radical (unpaired) electrons. The summed E-state index contributed by atoms with van der Waals surface area (Å²) in [6, 6.07) is 21.5. The molecule has 0 atom stereocenters. The van der Waals surface area contributed by atoms with Crippen molar-refractivity contribution in [2.75, 3.05) is 35.6 Å². The Labute approximate surface area is 290 Å². The highest BCUT2D eigenvalue weighted by Crippen LogP contribution is 2.48. The van der Waals surface area contributed by atoms with E-state index in [2.05, 4.69) is 41.5 Å². The Balaban J connectivity index is 1.18. The van der Waals surface area contributed by atoms with E-state index in [1.54, 1.807) is 66.7 Å². The van der Waals surface area contributed by atoms with E-state index in [-0.39, 0.29) is 30.9 Å². The van der Waals surface area contributed by atoms with Gasteiger partial charge < -0.3 is 31.3 Å². The summed E-state index contributed by atoms with van der Waals surface area (Å²) < 4.78 is 43.6. The molecule has 1 aliphatic carbocycles. The second-order valence-corrected chi connectivity index (χ2v) is 12.9. The molecule has 0 unspecified atom stereocenters. The Bertz CT molecular complexity index is 1820. The van der Waals surface area contributed by atoms with Crippen molar-refractivity contribution >= 4 is 52.6 Å². The summed E-state index contributed by atoms with van der Waals surface area (Å²) in [5, 5.41) is 14.6. The van der Waals surface area contributed by atoms with Crippen LogP contribution in [-0.4, -0.2) is 58.5 Å². The van der Waals surface area contributed by atoms with Gasteiger partial charge >= 0.3 is 24.0 Å². The van der Waals surface area contributed by atoms with E-state index >= 15 is 0 Å². The lowest BCUT2D eigenvalue weighted by Crippen LogP contribution is -2.44. The molecule has 0 spiro atoms. The Morgan fingerprint density at radius 3 is 2.08 bits per heavy atom. The van der Waals surface area contributed by atoms with E-state index in [0.29, 0.717) is 22.0 Å². The molecule has 5 rings (SSSR count). The molecule has 1 saturated carbocycles. The van der Waals surface area contributed by atoms with Gasteiger partial charge in [0.15, 0.2) is 6.61 Å². The monoisotopic (exact) mass is 710 g/mol. The van der Waals surface area contributed by atoms with Gasteiger partial charge in [-0.3, -0.25) is 14.4 Å². The third kappa shape index (κ3) is 10.3. The van der Waals surface area contributed by atoms with Crippen LogP contribution in [0.4, 0.5) is 36.4 Å². The second kappa shape index (κ2) is 15.0. The maximum absolute atomic E-state index is 12.9. The second-order valence-electron chi connectivity index (χ2n) is 12.4. The van der Waals surface area contributed by atoms with Crippen LogP contribution in [0.25, 0.3) is 0 Å². The number of alkyl halides is 3. The predicted octanol–water partition coefficient (Wildman–Crippen LogP) is 5.82. The van der Waals surface area contributed by atoms with E-state index in [1.165, 1.54) is 0 Å². The van der Waals surface area contributed by atoms with Crippen LogP contribution in [-0.2, 0) is 15.1 Å². The number of amides is 3. The van der Waals surface area contributed by atoms with Crippen LogP contribution in [0.3, 0.4) is 0 Å². The molecule has 16 heteroatoms. The smallest absolute Gasteiger partial charge is 0.422 e. The molecule has 5 N–H and O–H groups in total. The first-order valence-corrected chi connectivity index (χ1v) is 15.9. The number of para-hydroxylation sites is 1. The number of carbonyl (C=O) groups is 3. The standard InChI is InChI=1S/C34H34ClF3N8O4/c1-32(2,19-40-27(48)28(49)41-24-6-4-3-5-7-24)18-39-26(47)21-8-14-25(15-9-21)42-29-43-30(45-31(44-29)50-20-34(36,37)38)46-33(16-17-33)22-10-12-23(35)13-11-22/h3-15H,16-20H2,1-2H3,(H,39,47)(H,40,48)(H,41,49)(H2,42,43,44,45,46). The zero-order valence-corrected chi connectivity index (χ0v) is 27.8. The summed E-state index contributed by atoms with van der Waals surface area (Å²) in [7, 11) is 0. The number of halogens is 4. The molecule has 1 aromatic heterocycles. The first-order valence-electron chi connectivity index (χ1n) is 15.5. The number of aromatic nitrogens is 3. The van der Waals surface area contributed by atoms with Gasteiger partial charge in [-0.2, -0.15) is 28.1 Å². The van der Waals surface area contributed by atoms with Crippen molar-refractivity contribution in [1.29, 1.82) is 0 Å². The van der Waals surface area contributed by atoms with E-state index in [1.807, 2.05) is 26.0 Å². The van der Waals surface area contributed by atoms with Crippen molar-refractivity contribution in [3.63, 3.8) is 0 Å². The van der Waals surface area contributed by atoms with Crippen molar-refractivity contribution < 1.29 is 32.3 Å². The van der Waals surface area contributed by atoms with Crippen LogP contribution in [0.2, 0.25) is 5.02 Å². The fourth-order valence-electron chi connectivity index (χ4n) is 4.70. The molecule has 12 nitrogen and oxygen atoms in total. The first kappa shape index (κ1) is 35.9. The normalized spacial score (nSPS) is 13.5. The molecular formula is C34H34ClF3N8O4. The van der Waals surface area contributed by atoms with E-state index < -0.39 is 41.6 Å². The Morgan fingerprint density at radius 1 is 0.800 bits per heavy atom. The summed E-state index contributed by atoms with van der Waals surface area (Å²) >= 11 is 6.03. The molecule has 0 bridgehead atoms. The van der Waals surface area contributed by atoms with Crippen molar-refractivity contribution in [3.8, 4) is 6.01 Å². The van der Waals surface area contributed by atoms with Gasteiger partial charge in [0, 0.05) is 35.1 Å². The summed E-state index contributed by atoms with van der Waals surface area (Å²) in [5.74, 6) is -2.05. The molecule has 4 aromatic rings. The van der Waals surface area contributed by atoms with Gasteiger partial charge in [0.05, 0.1) is 5.54 Å². The maximum atomic E-state index is 12.9. The van der Waals surface area contributed by atoms with Gasteiger partial charge in [0.1, 0.15) is 0 Å². The van der Waals surface area contributed by atoms with Crippen molar-refractivity contribution in [3.05, 3.63) is 95.0 Å². The zero-order valence-electron chi connectivity index (χ0n) is 27.0. The van der Waals surface area contributed by atoms with Gasteiger partial charge in [-0.25, -0.2) is 0 Å². The van der Waals surface area contributed by atoms with Crippen LogP contribution in [0.15, 0.2) is 78.9 Å². The maximum Gasteiger partial charge on any atom is 0.422 e. The van der Waals surface area contributed by atoms with Gasteiger partial charge in [0.2, 0.25) is 11.9 Å². The van der Waals surface area contributed by atoms with Crippen molar-refractivity contribution in [2.45, 2.75) is 38.4 Å². The molecular weight excluding hydrogens is 677 g/mol. The predicted molar refractivity (Wildman–Crippen MR) is 181 cm³/mol. The van der Waals surface area contributed by atoms with Crippen LogP contribution in [0.1, 0.15) is 42.6 Å². The average molecular weight is 711 g/mol. The zero-order chi connectivity index (χ0) is 35.9. The molecule has 0 saturated heterocycles. The van der Waals surface area contributed by atoms with Crippen LogP contribution < -0.4 is 31.3 Å². The fourth-order valence-corrected chi connectivity index (χ4v) is 4.83. The highest BCUT2D eigenvalue weighted by atomic mass is 35.5. The Kier molecular flexibility index (Phi) is 10.7. The fraction of sp³-hybridized carbons (Fsp3) is 0.294. The molecule has 1 aliphatic rings. The molecule has 1 heterocycles. The number of nitrogens with zero attached hydrogens (tertiary/aromatic N) is 3. The number of rotatable bonds is 13. The molecule has 3 amide bonds. The van der Waals surface area contributed by atoms with Gasteiger partial charge in [-0.15, -0.1) is 0 Å². The molecule has 0 aliphatic heterocycles. The van der Waals surface area contributed by atoms with Crippen molar-refractivity contribution in [2.24, 2.45) is 5.41 Å². The largest absolute Gasteiger partial charge is 0.454 e. The lowest BCUT2D eigenvalue weighted by Gasteiger charge is -2.25. The Hall–Kier alpha value is -5.44. The summed E-state index contributed by atoms with van der Waals surface area (Å²) in [4.78, 5) is 49.7. The first-order chi connectivity index (χ1) is 23.7. The quantitative estimate of drug-likeness (QED) is 0.108. The highest BCUT2D eigenvalue weighted by molar-refractivity contribution is 6.39. The summed E-state index contributed by atoms with van der Waals surface area (Å²) in [6.45, 7) is 2.36. The highest BCUT2D eigenvalue weighted by Gasteiger charge is 2.45. The van der Waals surface area contributed by atoms with E-state index in [9.17, 15) is 27.6 Å². The number of ether oxygens (including phenoxy) is 1. The van der Waals surface area contributed by atoms with Crippen LogP contribution >= 0.6 is 11.6 Å². The summed E-state index contributed by atoms with van der Waals surface area (Å²) in [6.07, 6.45) is -3.13. The number of nitrogens with one attached hydrogen (secondary N) is 5. The van der Waals surface area contributed by atoms with Gasteiger partial charge in [0.25, 0.3) is 5.91 Å². The lowest BCUT2D eigenvalue weighted by atomic mass is 9.93. The third-order valence-corrected chi connectivity index (χ3v) is 7.83.